The first-order valence-corrected chi connectivity index (χ1v) is 2.84. The molecule has 0 rings (SSSR count). The van der Waals surface area contributed by atoms with E-state index in [0.29, 0.717) is 0 Å². The van der Waals surface area contributed by atoms with Crippen LogP contribution in [0.4, 0.5) is 0 Å². The molecule has 0 saturated heterocycles. The maximum Gasteiger partial charge on any atom is 3.00 e. The molecule has 51 valence electrons. The van der Waals surface area contributed by atoms with Gasteiger partial charge < -0.3 is 26.5 Å². The van der Waals surface area contributed by atoms with E-state index in [-0.39, 0.29) is 21.1 Å². The Morgan fingerprint density at radius 2 is 1.56 bits per heavy atom. The van der Waals surface area contributed by atoms with Crippen molar-refractivity contribution in [1.82, 2.24) is 0 Å². The Kier molecular flexibility index (Phi) is 42.8. The number of hydrogen-bond acceptors (Lipinski definition) is 2. The third-order valence-electron chi connectivity index (χ3n) is 0.500. The second-order valence-electron chi connectivity index (χ2n) is 1.15. The van der Waals surface area contributed by atoms with Gasteiger partial charge in [0.15, 0.2) is 0 Å². The number of rotatable bonds is 2. The summed E-state index contributed by atoms with van der Waals surface area (Å²) in [5.74, 6) is 0. The molecule has 0 spiro atoms. The van der Waals surface area contributed by atoms with Crippen LogP contribution in [-0.4, -0.2) is 0 Å². The maximum atomic E-state index is 7.13. The van der Waals surface area contributed by atoms with Crippen LogP contribution in [0.15, 0.2) is 0 Å². The molecular weight excluding hydrogens is 214 g/mol. The Hall–Kier alpha value is 0.398. The molecule has 0 heterocycles. The van der Waals surface area contributed by atoms with Crippen LogP contribution in [0.2, 0.25) is 0 Å². The molecule has 0 aromatic carbocycles. The van der Waals surface area contributed by atoms with E-state index in [1.165, 1.54) is 11.8 Å². The summed E-state index contributed by atoms with van der Waals surface area (Å²) in [6.45, 7) is 7.27. The molecule has 3 heteroatoms. The first kappa shape index (κ1) is 16.2. The number of thiocyanates is 1. The van der Waals surface area contributed by atoms with Gasteiger partial charge >= 0.3 is 21.1 Å². The zero-order valence-electron chi connectivity index (χ0n) is 5.30. The quantitative estimate of drug-likeness (QED) is 0.309. The van der Waals surface area contributed by atoms with Crippen LogP contribution in [0.5, 0.6) is 0 Å². The van der Waals surface area contributed by atoms with Gasteiger partial charge in [-0.15, -0.1) is 6.42 Å². The molecular formula is C6H10MoNS. The van der Waals surface area contributed by atoms with Gasteiger partial charge in [0.2, 0.25) is 0 Å². The van der Waals surface area contributed by atoms with Crippen molar-refractivity contribution in [1.29, 1.82) is 5.26 Å². The summed E-state index contributed by atoms with van der Waals surface area (Å²) < 4.78 is 0. The molecule has 0 aromatic heterocycles. The fraction of sp³-hybridized carbons (Fsp3) is 0.500. The van der Waals surface area contributed by atoms with E-state index in [1.54, 1.807) is 0 Å². The van der Waals surface area contributed by atoms with Crippen LogP contribution in [0.3, 0.4) is 0 Å². The molecule has 0 aromatic rings. The summed E-state index contributed by atoms with van der Waals surface area (Å²) in [5, 5.41) is 8.47. The molecule has 0 aliphatic heterocycles. The van der Waals surface area contributed by atoms with Crippen molar-refractivity contribution in [3.05, 3.63) is 13.8 Å². The van der Waals surface area contributed by atoms with Crippen LogP contribution in [0, 0.1) is 24.5 Å². The average Bonchev–Trinajstić information content (AvgIpc) is 1.71. The molecule has 0 saturated carbocycles. The summed E-state index contributed by atoms with van der Waals surface area (Å²) in [4.78, 5) is 0. The van der Waals surface area contributed by atoms with Crippen molar-refractivity contribution in [3.63, 3.8) is 0 Å². The number of unbranched alkanes of at least 4 members (excludes halogenated alkanes) is 2. The molecule has 0 fully saturated rings. The van der Waals surface area contributed by atoms with Gasteiger partial charge in [0, 0.05) is 0 Å². The first-order valence-electron chi connectivity index (χ1n) is 2.43. The summed E-state index contributed by atoms with van der Waals surface area (Å²) in [7, 11) is 0. The van der Waals surface area contributed by atoms with Crippen molar-refractivity contribution in [3.8, 4) is 5.40 Å². The molecule has 0 bridgehead atoms. The van der Waals surface area contributed by atoms with Gasteiger partial charge in [0.05, 0.1) is 0 Å². The van der Waals surface area contributed by atoms with E-state index >= 15 is 0 Å². The van der Waals surface area contributed by atoms with Crippen LogP contribution in [0.25, 0.3) is 0 Å². The molecule has 0 aliphatic rings. The number of hydrogen-bond donors (Lipinski definition) is 0. The van der Waals surface area contributed by atoms with Crippen molar-refractivity contribution < 1.29 is 21.1 Å². The van der Waals surface area contributed by atoms with Crippen LogP contribution in [-0.2, 0) is 33.7 Å². The minimum Gasteiger partial charge on any atom is -0.696 e. The van der Waals surface area contributed by atoms with Crippen molar-refractivity contribution >= 4 is 12.6 Å². The Balaban J connectivity index is -0.0000000800. The maximum absolute atomic E-state index is 7.13. The summed E-state index contributed by atoms with van der Waals surface area (Å²) in [6, 6.07) is 0. The van der Waals surface area contributed by atoms with Gasteiger partial charge in [0.25, 0.3) is 0 Å². The Bertz CT molecular complexity index is 58.6. The summed E-state index contributed by atoms with van der Waals surface area (Å²) in [6.07, 6.45) is 3.23. The van der Waals surface area contributed by atoms with Crippen LogP contribution < -0.4 is 0 Å². The summed E-state index contributed by atoms with van der Waals surface area (Å²) in [5.41, 5.74) is 0. The second-order valence-corrected chi connectivity index (χ2v) is 1.33. The third kappa shape index (κ3) is 59.8. The number of nitrogens with zero attached hydrogens (tertiary/aromatic N) is 1. The van der Waals surface area contributed by atoms with E-state index in [4.69, 9.17) is 5.26 Å². The minimum absolute atomic E-state index is 0. The van der Waals surface area contributed by atoms with Crippen LogP contribution >= 0.6 is 0 Å². The minimum atomic E-state index is 0. The van der Waals surface area contributed by atoms with Crippen LogP contribution in [0.1, 0.15) is 19.3 Å². The van der Waals surface area contributed by atoms with E-state index in [9.17, 15) is 0 Å². The largest absolute Gasteiger partial charge is 3.00 e. The zero-order valence-corrected chi connectivity index (χ0v) is 8.12. The second kappa shape index (κ2) is 23.8. The van der Waals surface area contributed by atoms with E-state index in [2.05, 4.69) is 26.5 Å². The molecule has 1 radical (unpaired) electrons. The van der Waals surface area contributed by atoms with Gasteiger partial charge in [0.1, 0.15) is 0 Å². The fourth-order valence-electron chi connectivity index (χ4n) is 0.177. The molecule has 0 N–H and O–H groups in total. The molecule has 0 aliphatic carbocycles. The molecule has 0 unspecified atom stereocenters. The van der Waals surface area contributed by atoms with Gasteiger partial charge in [-0.05, 0) is 0 Å². The molecule has 1 nitrogen and oxygen atoms in total. The Morgan fingerprint density at radius 3 is 1.56 bits per heavy atom. The predicted molar refractivity (Wildman–Crippen MR) is 37.5 cm³/mol. The number of nitriles is 1. The predicted octanol–water partition coefficient (Wildman–Crippen LogP) is 1.84. The standard InChI is InChI=1S/C5H10.CHNS.Mo/c1-3-5-4-2;2-1-3;/h1-5H2;3H;/q-2;;+3/p-1. The molecule has 0 atom stereocenters. The Labute approximate surface area is 77.5 Å². The SMILES string of the molecule is N#C[S-].[CH2-]CCC[CH2-].[Mo+3]. The first-order chi connectivity index (χ1) is 3.83. The topological polar surface area (TPSA) is 23.8 Å². The van der Waals surface area contributed by atoms with Gasteiger partial charge in [-0.2, -0.15) is 12.8 Å². The monoisotopic (exact) mass is 226 g/mol. The zero-order chi connectivity index (χ0) is 6.83. The van der Waals surface area contributed by atoms with E-state index in [0.717, 1.165) is 12.8 Å². The van der Waals surface area contributed by atoms with E-state index in [1.807, 2.05) is 0 Å². The average molecular weight is 224 g/mol. The summed E-state index contributed by atoms with van der Waals surface area (Å²) >= 11 is 3.70. The van der Waals surface area contributed by atoms with Gasteiger partial charge in [-0.3, -0.25) is 0 Å². The van der Waals surface area contributed by atoms with Gasteiger partial charge in [-0.25, -0.2) is 5.26 Å². The van der Waals surface area contributed by atoms with Crippen molar-refractivity contribution in [2.75, 3.05) is 0 Å². The normalized spacial score (nSPS) is 5.44. The van der Waals surface area contributed by atoms with Crippen molar-refractivity contribution in [2.45, 2.75) is 19.3 Å². The Morgan fingerprint density at radius 1 is 1.33 bits per heavy atom. The fourth-order valence-corrected chi connectivity index (χ4v) is 0.177. The smallest absolute Gasteiger partial charge is 0.696 e. The third-order valence-corrected chi connectivity index (χ3v) is 0.500. The van der Waals surface area contributed by atoms with E-state index < -0.39 is 0 Å². The molecule has 0 amide bonds. The van der Waals surface area contributed by atoms with Crippen molar-refractivity contribution in [2.24, 2.45) is 0 Å². The molecule has 9 heavy (non-hydrogen) atoms. The van der Waals surface area contributed by atoms with Gasteiger partial charge in [-0.1, -0.05) is 5.40 Å².